The lowest BCUT2D eigenvalue weighted by Crippen LogP contribution is -2.29. The Morgan fingerprint density at radius 2 is 1.96 bits per heavy atom. The quantitative estimate of drug-likeness (QED) is 0.596. The number of rotatable bonds is 7. The number of carbonyl (C=O) groups is 1. The first-order chi connectivity index (χ1) is 12.7. The average molecular weight is 446 g/mol. The van der Waals surface area contributed by atoms with Crippen molar-refractivity contribution in [2.75, 3.05) is 11.9 Å². The number of anilines is 1. The Hall–Kier alpha value is -2.13. The number of carbonyl (C=O) groups excluding carboxylic acids is 1. The van der Waals surface area contributed by atoms with E-state index in [9.17, 15) is 23.1 Å². The minimum atomic E-state index is -2.95. The molecule has 0 unspecified atom stereocenters. The van der Waals surface area contributed by atoms with Gasteiger partial charge in [-0.2, -0.15) is 0 Å². The van der Waals surface area contributed by atoms with Crippen molar-refractivity contribution in [3.63, 3.8) is 0 Å². The van der Waals surface area contributed by atoms with Crippen LogP contribution in [0.3, 0.4) is 0 Å². The predicted molar refractivity (Wildman–Crippen MR) is 99.3 cm³/mol. The Morgan fingerprint density at radius 3 is 2.59 bits per heavy atom. The Kier molecular flexibility index (Phi) is 7.20. The molecule has 0 aliphatic carbocycles. The van der Waals surface area contributed by atoms with Crippen LogP contribution in [0.15, 0.2) is 34.9 Å². The van der Waals surface area contributed by atoms with Crippen LogP contribution < -0.4 is 10.6 Å². The van der Waals surface area contributed by atoms with Crippen molar-refractivity contribution in [3.8, 4) is 0 Å². The Morgan fingerprint density at radius 1 is 1.30 bits per heavy atom. The van der Waals surface area contributed by atoms with Crippen LogP contribution in [-0.4, -0.2) is 28.6 Å². The average Bonchev–Trinajstić information content (AvgIpc) is 2.60. The molecular formula is C18H19BrF3N3O2. The number of halogens is 4. The molecule has 146 valence electrons. The SMILES string of the molecule is C[C@@H](O)CNc1ncc(Br)cc1C(=O)N[C@H](C)c1cccc(C(F)F)c1F. The Labute approximate surface area is 163 Å². The summed E-state index contributed by atoms with van der Waals surface area (Å²) >= 11 is 3.23. The van der Waals surface area contributed by atoms with Crippen LogP contribution in [0.2, 0.25) is 0 Å². The van der Waals surface area contributed by atoms with E-state index in [-0.39, 0.29) is 23.5 Å². The standard InChI is InChI=1S/C18H19BrF3N3O2/c1-9(26)7-23-17-14(6-11(19)8-24-17)18(27)25-10(2)12-4-3-5-13(15(12)20)16(21)22/h3-6,8-10,16,26H,7H2,1-2H3,(H,23,24)(H,25,27)/t9-,10-/m1/s1. The van der Waals surface area contributed by atoms with E-state index in [4.69, 9.17) is 0 Å². The van der Waals surface area contributed by atoms with Crippen LogP contribution in [-0.2, 0) is 0 Å². The van der Waals surface area contributed by atoms with Crippen molar-refractivity contribution in [3.05, 3.63) is 57.4 Å². The summed E-state index contributed by atoms with van der Waals surface area (Å²) in [6.45, 7) is 3.25. The number of hydrogen-bond donors (Lipinski definition) is 3. The number of aliphatic hydroxyl groups excluding tert-OH is 1. The number of benzene rings is 1. The summed E-state index contributed by atoms with van der Waals surface area (Å²) in [5.41, 5.74) is -0.582. The summed E-state index contributed by atoms with van der Waals surface area (Å²) in [6.07, 6.45) is -2.12. The van der Waals surface area contributed by atoms with E-state index in [0.29, 0.717) is 4.47 Å². The van der Waals surface area contributed by atoms with Gasteiger partial charge < -0.3 is 15.7 Å². The highest BCUT2D eigenvalue weighted by Crippen LogP contribution is 2.27. The molecule has 0 fully saturated rings. The number of alkyl halides is 2. The van der Waals surface area contributed by atoms with Gasteiger partial charge in [-0.3, -0.25) is 4.79 Å². The maximum atomic E-state index is 14.3. The Bertz CT molecular complexity index is 818. The molecule has 0 saturated carbocycles. The van der Waals surface area contributed by atoms with E-state index in [1.165, 1.54) is 31.3 Å². The summed E-state index contributed by atoms with van der Waals surface area (Å²) in [4.78, 5) is 16.7. The second kappa shape index (κ2) is 9.18. The molecule has 0 spiro atoms. The summed E-state index contributed by atoms with van der Waals surface area (Å²) in [7, 11) is 0. The lowest BCUT2D eigenvalue weighted by Gasteiger charge is -2.18. The number of nitrogens with zero attached hydrogens (tertiary/aromatic N) is 1. The highest BCUT2D eigenvalue weighted by atomic mass is 79.9. The first-order valence-corrected chi connectivity index (χ1v) is 8.94. The van der Waals surface area contributed by atoms with Crippen LogP contribution in [0.4, 0.5) is 19.0 Å². The van der Waals surface area contributed by atoms with Crippen molar-refractivity contribution < 1.29 is 23.1 Å². The molecule has 9 heteroatoms. The van der Waals surface area contributed by atoms with E-state index in [2.05, 4.69) is 31.5 Å². The van der Waals surface area contributed by atoms with Crippen molar-refractivity contribution in [2.45, 2.75) is 32.4 Å². The molecule has 3 N–H and O–H groups in total. The maximum Gasteiger partial charge on any atom is 0.266 e. The van der Waals surface area contributed by atoms with Crippen molar-refractivity contribution in [1.82, 2.24) is 10.3 Å². The van der Waals surface area contributed by atoms with Gasteiger partial charge in [0, 0.05) is 22.8 Å². The first kappa shape index (κ1) is 21.2. The van der Waals surface area contributed by atoms with Gasteiger partial charge >= 0.3 is 0 Å². The van der Waals surface area contributed by atoms with E-state index in [1.54, 1.807) is 6.92 Å². The zero-order valence-electron chi connectivity index (χ0n) is 14.6. The molecular weight excluding hydrogens is 427 g/mol. The Balaban J connectivity index is 2.24. The number of nitrogens with one attached hydrogen (secondary N) is 2. The fourth-order valence-corrected chi connectivity index (χ4v) is 2.75. The molecule has 0 aliphatic heterocycles. The van der Waals surface area contributed by atoms with Crippen molar-refractivity contribution in [1.29, 1.82) is 0 Å². The zero-order chi connectivity index (χ0) is 20.1. The van der Waals surface area contributed by atoms with Gasteiger partial charge in [-0.1, -0.05) is 18.2 Å². The molecule has 27 heavy (non-hydrogen) atoms. The molecule has 0 aliphatic rings. The number of aliphatic hydroxyl groups is 1. The van der Waals surface area contributed by atoms with Gasteiger partial charge in [-0.25, -0.2) is 18.2 Å². The second-order valence-electron chi connectivity index (χ2n) is 6.03. The van der Waals surface area contributed by atoms with E-state index >= 15 is 0 Å². The molecule has 1 aromatic heterocycles. The summed E-state index contributed by atoms with van der Waals surface area (Å²) in [6, 6.07) is 4.34. The number of aromatic nitrogens is 1. The fourth-order valence-electron chi connectivity index (χ4n) is 2.42. The third-order valence-electron chi connectivity index (χ3n) is 3.77. The molecule has 1 aromatic carbocycles. The predicted octanol–water partition coefficient (Wildman–Crippen LogP) is 4.20. The lowest BCUT2D eigenvalue weighted by molar-refractivity contribution is 0.0939. The van der Waals surface area contributed by atoms with Crippen LogP contribution in [0.1, 0.15) is 47.8 Å². The molecule has 1 heterocycles. The van der Waals surface area contributed by atoms with Crippen LogP contribution in [0.25, 0.3) is 0 Å². The van der Waals surface area contributed by atoms with Crippen LogP contribution in [0, 0.1) is 5.82 Å². The van der Waals surface area contributed by atoms with E-state index in [0.717, 1.165) is 6.07 Å². The van der Waals surface area contributed by atoms with E-state index < -0.39 is 35.9 Å². The van der Waals surface area contributed by atoms with Gasteiger partial charge in [-0.05, 0) is 35.8 Å². The number of amides is 1. The summed E-state index contributed by atoms with van der Waals surface area (Å²) in [5.74, 6) is -1.36. The smallest absolute Gasteiger partial charge is 0.266 e. The van der Waals surface area contributed by atoms with Gasteiger partial charge in [0.25, 0.3) is 12.3 Å². The van der Waals surface area contributed by atoms with Gasteiger partial charge in [0.05, 0.1) is 23.3 Å². The number of hydrogen-bond acceptors (Lipinski definition) is 4. The molecule has 5 nitrogen and oxygen atoms in total. The minimum Gasteiger partial charge on any atom is -0.392 e. The fraction of sp³-hybridized carbons (Fsp3) is 0.333. The normalized spacial score (nSPS) is 13.3. The van der Waals surface area contributed by atoms with Gasteiger partial charge in [0.2, 0.25) is 0 Å². The van der Waals surface area contributed by atoms with Crippen molar-refractivity contribution >= 4 is 27.7 Å². The molecule has 2 atom stereocenters. The third kappa shape index (κ3) is 5.43. The summed E-state index contributed by atoms with van der Waals surface area (Å²) in [5, 5.41) is 14.8. The van der Waals surface area contributed by atoms with Crippen LogP contribution >= 0.6 is 15.9 Å². The third-order valence-corrected chi connectivity index (χ3v) is 4.21. The van der Waals surface area contributed by atoms with Crippen LogP contribution in [0.5, 0.6) is 0 Å². The topological polar surface area (TPSA) is 74.2 Å². The molecule has 1 amide bonds. The largest absolute Gasteiger partial charge is 0.392 e. The highest BCUT2D eigenvalue weighted by Gasteiger charge is 2.22. The monoisotopic (exact) mass is 445 g/mol. The molecule has 2 aromatic rings. The summed E-state index contributed by atoms with van der Waals surface area (Å²) < 4.78 is 40.6. The molecule has 0 bridgehead atoms. The van der Waals surface area contributed by atoms with Gasteiger partial charge in [-0.15, -0.1) is 0 Å². The highest BCUT2D eigenvalue weighted by molar-refractivity contribution is 9.10. The number of pyridine rings is 1. The maximum absolute atomic E-state index is 14.3. The van der Waals surface area contributed by atoms with Crippen molar-refractivity contribution in [2.24, 2.45) is 0 Å². The second-order valence-corrected chi connectivity index (χ2v) is 6.94. The zero-order valence-corrected chi connectivity index (χ0v) is 16.2. The first-order valence-electron chi connectivity index (χ1n) is 8.15. The molecule has 2 rings (SSSR count). The molecule has 0 saturated heterocycles. The lowest BCUT2D eigenvalue weighted by atomic mass is 10.0. The molecule has 0 radical (unpaired) electrons. The van der Waals surface area contributed by atoms with Gasteiger partial charge in [0.1, 0.15) is 11.6 Å². The van der Waals surface area contributed by atoms with Gasteiger partial charge in [0.15, 0.2) is 0 Å². The van der Waals surface area contributed by atoms with E-state index in [1.807, 2.05) is 0 Å². The minimum absolute atomic E-state index is 0.0393.